The van der Waals surface area contributed by atoms with E-state index >= 15 is 0 Å². The van der Waals surface area contributed by atoms with Crippen LogP contribution in [0.2, 0.25) is 0 Å². The van der Waals surface area contributed by atoms with Gasteiger partial charge in [-0.1, -0.05) is 18.7 Å². The second-order valence-corrected chi connectivity index (χ2v) is 1.55. The van der Waals surface area contributed by atoms with E-state index in [1.54, 1.807) is 18.6 Å². The fourth-order valence-corrected chi connectivity index (χ4v) is 0.517. The number of allylic oxidation sites excluding steroid dienone is 2. The van der Waals surface area contributed by atoms with Gasteiger partial charge in [-0.3, -0.25) is 0 Å². The van der Waals surface area contributed by atoms with E-state index < -0.39 is 0 Å². The van der Waals surface area contributed by atoms with Gasteiger partial charge in [0.2, 0.25) is 0 Å². The van der Waals surface area contributed by atoms with Crippen molar-refractivity contribution in [1.29, 1.82) is 0 Å². The Kier molecular flexibility index (Phi) is 1.85. The Morgan fingerprint density at radius 1 is 1.67 bits per heavy atom. The summed E-state index contributed by atoms with van der Waals surface area (Å²) in [5.41, 5.74) is 0.886. The van der Waals surface area contributed by atoms with Crippen LogP contribution >= 0.6 is 0 Å². The third kappa shape index (κ3) is 1.57. The number of nitrogens with zero attached hydrogens (tertiary/aromatic N) is 1. The van der Waals surface area contributed by atoms with Gasteiger partial charge in [-0.15, -0.1) is 0 Å². The molecule has 0 aliphatic carbocycles. The highest BCUT2D eigenvalue weighted by Crippen LogP contribution is 1.92. The van der Waals surface area contributed by atoms with Crippen molar-refractivity contribution in [2.24, 2.45) is 0 Å². The molecule has 0 saturated heterocycles. The van der Waals surface area contributed by atoms with Gasteiger partial charge < -0.3 is 4.98 Å². The normalized spacial score (nSPS) is 10.2. The minimum Gasteiger partial charge on any atom is -0.351 e. The summed E-state index contributed by atoms with van der Waals surface area (Å²) in [7, 11) is 0. The van der Waals surface area contributed by atoms with Crippen LogP contribution in [0.25, 0.3) is 6.08 Å². The van der Waals surface area contributed by atoms with Gasteiger partial charge in [0.05, 0.1) is 12.0 Å². The molecule has 2 heteroatoms. The summed E-state index contributed by atoms with van der Waals surface area (Å²) in [6.07, 6.45) is 8.43. The van der Waals surface area contributed by atoms with Crippen molar-refractivity contribution in [2.75, 3.05) is 0 Å². The monoisotopic (exact) mass is 119 g/mol. The van der Waals surface area contributed by atoms with E-state index in [4.69, 9.17) is 6.58 Å². The Labute approximate surface area is 53.9 Å². The molecule has 0 saturated carbocycles. The zero-order valence-corrected chi connectivity index (χ0v) is 4.91. The molecule has 0 fully saturated rings. The molecule has 0 spiro atoms. The maximum absolute atomic E-state index is 5.10. The molecule has 0 aromatic carbocycles. The highest BCUT2D eigenvalue weighted by molar-refractivity contribution is 5.44. The molecule has 1 heterocycles. The Hall–Kier alpha value is -1.31. The lowest BCUT2D eigenvalue weighted by Gasteiger charge is -1.74. The van der Waals surface area contributed by atoms with Crippen molar-refractivity contribution < 1.29 is 0 Å². The SMILES string of the molecule is [CH]=CC=Cc1c[nH]cn1. The van der Waals surface area contributed by atoms with E-state index in [2.05, 4.69) is 9.97 Å². The van der Waals surface area contributed by atoms with E-state index in [-0.39, 0.29) is 0 Å². The van der Waals surface area contributed by atoms with E-state index in [0.29, 0.717) is 0 Å². The highest BCUT2D eigenvalue weighted by atomic mass is 14.8. The molecule has 0 unspecified atom stereocenters. The average molecular weight is 119 g/mol. The molecule has 2 nitrogen and oxygen atoms in total. The fourth-order valence-electron chi connectivity index (χ4n) is 0.517. The van der Waals surface area contributed by atoms with Crippen LogP contribution in [0.5, 0.6) is 0 Å². The van der Waals surface area contributed by atoms with Crippen LogP contribution in [-0.2, 0) is 0 Å². The van der Waals surface area contributed by atoms with Crippen molar-refractivity contribution in [3.8, 4) is 0 Å². The standard InChI is InChI=1S/C7H7N2/c1-2-3-4-7-5-8-6-9-7/h1-6H,(H,8,9). The summed E-state index contributed by atoms with van der Waals surface area (Å²) >= 11 is 0. The molecule has 1 aromatic rings. The quantitative estimate of drug-likeness (QED) is 0.586. The minimum atomic E-state index is 0.886. The Morgan fingerprint density at radius 2 is 2.56 bits per heavy atom. The molecule has 1 radical (unpaired) electrons. The number of nitrogens with one attached hydrogen (secondary N) is 1. The lowest BCUT2D eigenvalue weighted by molar-refractivity contribution is 1.31. The van der Waals surface area contributed by atoms with Crippen molar-refractivity contribution in [1.82, 2.24) is 9.97 Å². The fraction of sp³-hybridized carbons (Fsp3) is 0. The molecule has 0 amide bonds. The third-order valence-corrected chi connectivity index (χ3v) is 0.897. The smallest absolute Gasteiger partial charge is 0.0927 e. The second-order valence-electron chi connectivity index (χ2n) is 1.55. The summed E-state index contributed by atoms with van der Waals surface area (Å²) < 4.78 is 0. The van der Waals surface area contributed by atoms with Crippen LogP contribution in [0.4, 0.5) is 0 Å². The van der Waals surface area contributed by atoms with Gasteiger partial charge in [0.25, 0.3) is 0 Å². The molecular formula is C7H7N2. The van der Waals surface area contributed by atoms with Gasteiger partial charge in [0, 0.05) is 6.20 Å². The van der Waals surface area contributed by atoms with Crippen LogP contribution in [-0.4, -0.2) is 9.97 Å². The molecule has 1 rings (SSSR count). The topological polar surface area (TPSA) is 28.7 Å². The van der Waals surface area contributed by atoms with Crippen LogP contribution in [0.1, 0.15) is 5.69 Å². The summed E-state index contributed by atoms with van der Waals surface area (Å²) in [6, 6.07) is 0. The highest BCUT2D eigenvalue weighted by Gasteiger charge is 1.81. The first-order chi connectivity index (χ1) is 4.43. The number of aromatic nitrogens is 2. The van der Waals surface area contributed by atoms with Gasteiger partial charge in [-0.2, -0.15) is 0 Å². The first-order valence-corrected chi connectivity index (χ1v) is 2.64. The number of rotatable bonds is 2. The van der Waals surface area contributed by atoms with E-state index in [9.17, 15) is 0 Å². The molecular weight excluding hydrogens is 112 g/mol. The van der Waals surface area contributed by atoms with Gasteiger partial charge >= 0.3 is 0 Å². The largest absolute Gasteiger partial charge is 0.351 e. The summed E-state index contributed by atoms with van der Waals surface area (Å²) in [6.45, 7) is 5.10. The summed E-state index contributed by atoms with van der Waals surface area (Å²) in [5.74, 6) is 0. The summed E-state index contributed by atoms with van der Waals surface area (Å²) in [4.78, 5) is 6.76. The molecule has 45 valence electrons. The predicted octanol–water partition coefficient (Wildman–Crippen LogP) is 1.41. The molecule has 0 aliphatic heterocycles. The zero-order chi connectivity index (χ0) is 6.53. The Balaban J connectivity index is 2.67. The zero-order valence-electron chi connectivity index (χ0n) is 4.91. The van der Waals surface area contributed by atoms with Crippen LogP contribution in [0, 0.1) is 6.58 Å². The maximum atomic E-state index is 5.10. The van der Waals surface area contributed by atoms with Gasteiger partial charge in [-0.05, 0) is 6.08 Å². The van der Waals surface area contributed by atoms with Crippen molar-refractivity contribution >= 4 is 6.08 Å². The van der Waals surface area contributed by atoms with Crippen LogP contribution in [0.3, 0.4) is 0 Å². The van der Waals surface area contributed by atoms with E-state index in [1.807, 2.05) is 6.08 Å². The minimum absolute atomic E-state index is 0.886. The van der Waals surface area contributed by atoms with Gasteiger partial charge in [0.1, 0.15) is 0 Å². The molecule has 1 aromatic heterocycles. The molecule has 0 atom stereocenters. The lowest BCUT2D eigenvalue weighted by atomic mass is 10.4. The van der Waals surface area contributed by atoms with E-state index in [0.717, 1.165) is 5.69 Å². The number of aromatic amines is 1. The van der Waals surface area contributed by atoms with Gasteiger partial charge in [-0.25, -0.2) is 4.98 Å². The van der Waals surface area contributed by atoms with Gasteiger partial charge in [0.15, 0.2) is 0 Å². The average Bonchev–Trinajstić information content (AvgIpc) is 2.34. The Bertz CT molecular complexity index is 197. The molecule has 1 N–H and O–H groups in total. The van der Waals surface area contributed by atoms with Crippen LogP contribution in [0.15, 0.2) is 24.7 Å². The number of hydrogen-bond acceptors (Lipinski definition) is 1. The maximum Gasteiger partial charge on any atom is 0.0927 e. The molecule has 9 heavy (non-hydrogen) atoms. The third-order valence-electron chi connectivity index (χ3n) is 0.897. The number of H-pyrrole nitrogens is 1. The lowest BCUT2D eigenvalue weighted by Crippen LogP contribution is -1.64. The molecule has 0 bridgehead atoms. The molecule has 0 aliphatic rings. The Morgan fingerprint density at radius 3 is 3.11 bits per heavy atom. The predicted molar refractivity (Wildman–Crippen MR) is 36.5 cm³/mol. The second kappa shape index (κ2) is 2.87. The van der Waals surface area contributed by atoms with Crippen molar-refractivity contribution in [3.63, 3.8) is 0 Å². The summed E-state index contributed by atoms with van der Waals surface area (Å²) in [5, 5.41) is 0. The van der Waals surface area contributed by atoms with Crippen LogP contribution < -0.4 is 0 Å². The first kappa shape index (κ1) is 5.82. The van der Waals surface area contributed by atoms with Crippen molar-refractivity contribution in [2.45, 2.75) is 0 Å². The first-order valence-electron chi connectivity index (χ1n) is 2.64. The van der Waals surface area contributed by atoms with Crippen molar-refractivity contribution in [3.05, 3.63) is 36.9 Å². The van der Waals surface area contributed by atoms with E-state index in [1.165, 1.54) is 6.08 Å². The number of hydrogen-bond donors (Lipinski definition) is 1. The number of imidazole rings is 1.